The molecule has 1 aliphatic rings. The van der Waals surface area contributed by atoms with E-state index in [-0.39, 0.29) is 11.4 Å². The zero-order valence-corrected chi connectivity index (χ0v) is 18.3. The first-order valence-electron chi connectivity index (χ1n) is 10.1. The Morgan fingerprint density at radius 3 is 2.33 bits per heavy atom. The number of nitrogens with zero attached hydrogens (tertiary/aromatic N) is 4. The molecule has 8 nitrogen and oxygen atoms in total. The summed E-state index contributed by atoms with van der Waals surface area (Å²) in [5.41, 5.74) is 6.90. The number of rotatable bonds is 7. The third-order valence-corrected chi connectivity index (χ3v) is 6.98. The molecule has 1 aromatic carbocycles. The van der Waals surface area contributed by atoms with Crippen molar-refractivity contribution in [1.82, 2.24) is 14.2 Å². The van der Waals surface area contributed by atoms with Crippen LogP contribution in [0.15, 0.2) is 53.7 Å². The Hall–Kier alpha value is -2.49. The van der Waals surface area contributed by atoms with Crippen LogP contribution in [0.4, 0.5) is 10.5 Å². The van der Waals surface area contributed by atoms with E-state index < -0.39 is 16.1 Å². The number of carbonyl (C=O) groups is 1. The minimum Gasteiger partial charge on any atom is -0.351 e. The number of benzene rings is 1. The molecular weight excluding hydrogens is 402 g/mol. The minimum atomic E-state index is -3.57. The van der Waals surface area contributed by atoms with Gasteiger partial charge in [-0.3, -0.25) is 9.88 Å². The lowest BCUT2D eigenvalue weighted by Crippen LogP contribution is -2.49. The molecule has 2 N–H and O–H groups in total. The fraction of sp³-hybridized carbons (Fsp3) is 0.429. The minimum absolute atomic E-state index is 0.217. The molecule has 0 unspecified atom stereocenters. The summed E-state index contributed by atoms with van der Waals surface area (Å²) >= 11 is 0. The quantitative estimate of drug-likeness (QED) is 0.724. The molecule has 0 aliphatic carbocycles. The summed E-state index contributed by atoms with van der Waals surface area (Å²) in [6.07, 6.45) is 3.31. The van der Waals surface area contributed by atoms with Crippen molar-refractivity contribution >= 4 is 21.7 Å². The van der Waals surface area contributed by atoms with Gasteiger partial charge in [0.05, 0.1) is 11.4 Å². The molecule has 0 saturated carbocycles. The van der Waals surface area contributed by atoms with Crippen LogP contribution in [-0.4, -0.2) is 61.4 Å². The summed E-state index contributed by atoms with van der Waals surface area (Å²) in [7, 11) is -3.57. The number of hydrogen-bond acceptors (Lipinski definition) is 5. The summed E-state index contributed by atoms with van der Waals surface area (Å²) in [4.78, 5) is 19.9. The molecule has 162 valence electrons. The summed E-state index contributed by atoms with van der Waals surface area (Å²) in [6.45, 7) is 7.97. The van der Waals surface area contributed by atoms with Gasteiger partial charge < -0.3 is 10.6 Å². The van der Waals surface area contributed by atoms with Crippen LogP contribution in [0.1, 0.15) is 19.4 Å². The maximum Gasteiger partial charge on any atom is 0.319 e. The highest BCUT2D eigenvalue weighted by atomic mass is 32.2. The molecular formula is C21H29N5O3S. The fourth-order valence-corrected chi connectivity index (χ4v) is 5.01. The van der Waals surface area contributed by atoms with Crippen molar-refractivity contribution in [2.75, 3.05) is 37.6 Å². The zero-order valence-electron chi connectivity index (χ0n) is 17.4. The predicted octanol–water partition coefficient (Wildman–Crippen LogP) is 2.13. The van der Waals surface area contributed by atoms with Crippen LogP contribution >= 0.6 is 0 Å². The molecule has 2 aromatic rings. The lowest BCUT2D eigenvalue weighted by Gasteiger charge is -2.34. The van der Waals surface area contributed by atoms with E-state index in [0.717, 1.165) is 25.2 Å². The number of pyridine rings is 1. The van der Waals surface area contributed by atoms with Crippen molar-refractivity contribution in [3.8, 4) is 0 Å². The Morgan fingerprint density at radius 1 is 1.13 bits per heavy atom. The van der Waals surface area contributed by atoms with E-state index in [1.54, 1.807) is 30.6 Å². The monoisotopic (exact) mass is 431 g/mol. The molecule has 2 heterocycles. The average molecular weight is 432 g/mol. The SMILES string of the molecule is CC(C)CN1CCN(S(=O)(=O)c2ccc(N(Cc3cccnc3)C(N)=O)cc2)CC1. The molecule has 30 heavy (non-hydrogen) atoms. The van der Waals surface area contributed by atoms with E-state index in [9.17, 15) is 13.2 Å². The van der Waals surface area contributed by atoms with Crippen LogP contribution in [0, 0.1) is 5.92 Å². The highest BCUT2D eigenvalue weighted by molar-refractivity contribution is 7.89. The standard InChI is InChI=1S/C21H29N5O3S/c1-17(2)15-24-10-12-25(13-11-24)30(28,29)20-7-5-19(6-8-20)26(21(22)27)16-18-4-3-9-23-14-18/h3-9,14,17H,10-13,15-16H2,1-2H3,(H2,22,27). The number of sulfonamides is 1. The van der Waals surface area contributed by atoms with Gasteiger partial charge in [-0.1, -0.05) is 19.9 Å². The van der Waals surface area contributed by atoms with E-state index in [4.69, 9.17) is 5.73 Å². The molecule has 3 rings (SSSR count). The van der Waals surface area contributed by atoms with Crippen molar-refractivity contribution < 1.29 is 13.2 Å². The fourth-order valence-electron chi connectivity index (χ4n) is 3.59. The van der Waals surface area contributed by atoms with Gasteiger partial charge in [-0.25, -0.2) is 13.2 Å². The summed E-state index contributed by atoms with van der Waals surface area (Å²) in [5.74, 6) is 0.556. The van der Waals surface area contributed by atoms with Gasteiger partial charge in [-0.2, -0.15) is 4.31 Å². The van der Waals surface area contributed by atoms with Crippen LogP contribution in [0.25, 0.3) is 0 Å². The molecule has 1 aromatic heterocycles. The molecule has 1 saturated heterocycles. The van der Waals surface area contributed by atoms with Gasteiger partial charge in [0, 0.05) is 50.8 Å². The molecule has 0 atom stereocenters. The van der Waals surface area contributed by atoms with Crippen molar-refractivity contribution in [3.63, 3.8) is 0 Å². The summed E-state index contributed by atoms with van der Waals surface area (Å²) in [6, 6.07) is 9.31. The Balaban J connectivity index is 1.71. The first-order chi connectivity index (χ1) is 14.3. The van der Waals surface area contributed by atoms with Gasteiger partial charge in [0.25, 0.3) is 0 Å². The summed E-state index contributed by atoms with van der Waals surface area (Å²) < 4.78 is 27.6. The number of piperazine rings is 1. The molecule has 0 spiro atoms. The van der Waals surface area contributed by atoms with Crippen LogP contribution in [0.2, 0.25) is 0 Å². The molecule has 0 bridgehead atoms. The smallest absolute Gasteiger partial charge is 0.319 e. The number of amides is 2. The molecule has 9 heteroatoms. The Morgan fingerprint density at radius 2 is 1.80 bits per heavy atom. The van der Waals surface area contributed by atoms with Gasteiger partial charge in [-0.15, -0.1) is 0 Å². The number of anilines is 1. The maximum absolute atomic E-state index is 13.0. The van der Waals surface area contributed by atoms with E-state index in [1.807, 2.05) is 6.07 Å². The molecule has 2 amide bonds. The lowest BCUT2D eigenvalue weighted by atomic mass is 10.2. The number of nitrogens with two attached hydrogens (primary N) is 1. The third kappa shape index (κ3) is 5.35. The largest absolute Gasteiger partial charge is 0.351 e. The van der Waals surface area contributed by atoms with Gasteiger partial charge >= 0.3 is 6.03 Å². The highest BCUT2D eigenvalue weighted by Gasteiger charge is 2.28. The van der Waals surface area contributed by atoms with Gasteiger partial charge in [0.15, 0.2) is 0 Å². The number of hydrogen-bond donors (Lipinski definition) is 1. The number of carbonyl (C=O) groups excluding carboxylic acids is 1. The van der Waals surface area contributed by atoms with Gasteiger partial charge in [-0.05, 0) is 41.8 Å². The van der Waals surface area contributed by atoms with Crippen molar-refractivity contribution in [2.24, 2.45) is 11.7 Å². The van der Waals surface area contributed by atoms with E-state index in [2.05, 4.69) is 23.7 Å². The summed E-state index contributed by atoms with van der Waals surface area (Å²) in [5, 5.41) is 0. The predicted molar refractivity (Wildman–Crippen MR) is 116 cm³/mol. The first kappa shape index (κ1) is 22.2. The van der Waals surface area contributed by atoms with E-state index in [1.165, 1.54) is 21.3 Å². The highest BCUT2D eigenvalue weighted by Crippen LogP contribution is 2.23. The third-order valence-electron chi connectivity index (χ3n) is 5.07. The first-order valence-corrected chi connectivity index (χ1v) is 11.5. The topological polar surface area (TPSA) is 99.8 Å². The number of primary amides is 1. The normalized spacial score (nSPS) is 16.0. The number of urea groups is 1. The lowest BCUT2D eigenvalue weighted by molar-refractivity contribution is 0.172. The zero-order chi connectivity index (χ0) is 21.7. The average Bonchev–Trinajstić information content (AvgIpc) is 2.73. The second kappa shape index (κ2) is 9.55. The Labute approximate surface area is 178 Å². The second-order valence-corrected chi connectivity index (χ2v) is 9.82. The van der Waals surface area contributed by atoms with Crippen LogP contribution in [-0.2, 0) is 16.6 Å². The van der Waals surface area contributed by atoms with Crippen LogP contribution in [0.5, 0.6) is 0 Å². The Bertz CT molecular complexity index is 940. The van der Waals surface area contributed by atoms with Crippen LogP contribution in [0.3, 0.4) is 0 Å². The number of aromatic nitrogens is 1. The van der Waals surface area contributed by atoms with Crippen molar-refractivity contribution in [3.05, 3.63) is 54.4 Å². The molecule has 1 aliphatic heterocycles. The van der Waals surface area contributed by atoms with E-state index >= 15 is 0 Å². The molecule has 0 radical (unpaired) electrons. The van der Waals surface area contributed by atoms with E-state index in [0.29, 0.717) is 24.7 Å². The van der Waals surface area contributed by atoms with Crippen LogP contribution < -0.4 is 10.6 Å². The van der Waals surface area contributed by atoms with Crippen molar-refractivity contribution in [1.29, 1.82) is 0 Å². The van der Waals surface area contributed by atoms with Gasteiger partial charge in [0.2, 0.25) is 10.0 Å². The van der Waals surface area contributed by atoms with Crippen molar-refractivity contribution in [2.45, 2.75) is 25.3 Å². The Kier molecular flexibility index (Phi) is 7.06. The maximum atomic E-state index is 13.0. The van der Waals surface area contributed by atoms with Gasteiger partial charge in [0.1, 0.15) is 0 Å². The second-order valence-electron chi connectivity index (χ2n) is 7.88. The molecule has 1 fully saturated rings.